The zero-order valence-corrected chi connectivity index (χ0v) is 13.7. The van der Waals surface area contributed by atoms with Crippen LogP contribution in [-0.4, -0.2) is 54.3 Å². The minimum absolute atomic E-state index is 0.170. The molecule has 1 N–H and O–H groups in total. The average molecular weight is 297 g/mol. The lowest BCUT2D eigenvalue weighted by atomic mass is 9.84. The van der Waals surface area contributed by atoms with Gasteiger partial charge in [0.1, 0.15) is 0 Å². The fourth-order valence-corrected chi connectivity index (χ4v) is 3.71. The number of hydrogen-bond acceptors (Lipinski definition) is 5. The van der Waals surface area contributed by atoms with E-state index in [9.17, 15) is 0 Å². The van der Waals surface area contributed by atoms with E-state index in [2.05, 4.69) is 36.0 Å². The number of hydrogen-bond donors (Lipinski definition) is 1. The number of nitrogens with one attached hydrogen (secondary N) is 1. The Morgan fingerprint density at radius 3 is 2.75 bits per heavy atom. The van der Waals surface area contributed by atoms with E-state index in [0.29, 0.717) is 6.04 Å². The molecule has 2 atom stereocenters. The number of nitrogens with zero attached hydrogens (tertiary/aromatic N) is 2. The topological polar surface area (TPSA) is 37.4 Å². The van der Waals surface area contributed by atoms with Crippen molar-refractivity contribution in [3.05, 3.63) is 16.6 Å². The first-order valence-corrected chi connectivity index (χ1v) is 8.52. The van der Waals surface area contributed by atoms with Crippen molar-refractivity contribution in [3.63, 3.8) is 0 Å². The minimum atomic E-state index is 0.170. The van der Waals surface area contributed by atoms with Crippen LogP contribution in [0.5, 0.6) is 0 Å². The molecule has 5 heteroatoms. The van der Waals surface area contributed by atoms with Crippen LogP contribution in [0, 0.1) is 0 Å². The summed E-state index contributed by atoms with van der Waals surface area (Å²) in [5, 5.41) is 3.71. The van der Waals surface area contributed by atoms with Gasteiger partial charge in [-0.3, -0.25) is 9.88 Å². The van der Waals surface area contributed by atoms with Crippen LogP contribution in [0.1, 0.15) is 32.1 Å². The predicted octanol–water partition coefficient (Wildman–Crippen LogP) is 2.16. The predicted molar refractivity (Wildman–Crippen MR) is 84.4 cm³/mol. The van der Waals surface area contributed by atoms with E-state index in [0.717, 1.165) is 45.7 Å². The van der Waals surface area contributed by atoms with Crippen molar-refractivity contribution < 1.29 is 4.74 Å². The molecule has 1 saturated heterocycles. The molecule has 2 unspecified atom stereocenters. The van der Waals surface area contributed by atoms with E-state index < -0.39 is 0 Å². The summed E-state index contributed by atoms with van der Waals surface area (Å²) in [6.07, 6.45) is 4.20. The Kier molecular flexibility index (Phi) is 5.96. The van der Waals surface area contributed by atoms with Gasteiger partial charge in [-0.15, -0.1) is 11.3 Å². The lowest BCUT2D eigenvalue weighted by Gasteiger charge is -2.48. The second kappa shape index (κ2) is 7.50. The van der Waals surface area contributed by atoms with Gasteiger partial charge < -0.3 is 10.1 Å². The molecule has 0 amide bonds. The summed E-state index contributed by atoms with van der Waals surface area (Å²) in [5.74, 6) is 0. The van der Waals surface area contributed by atoms with Crippen molar-refractivity contribution in [1.29, 1.82) is 0 Å². The summed E-state index contributed by atoms with van der Waals surface area (Å²) in [6.45, 7) is 11.7. The number of aromatic nitrogens is 1. The third-order valence-electron chi connectivity index (χ3n) is 4.54. The monoisotopic (exact) mass is 297 g/mol. The number of likely N-dealkylation sites (N-methyl/N-ethyl adjacent to an activating group) is 1. The highest BCUT2D eigenvalue weighted by Crippen LogP contribution is 2.28. The molecule has 2 heterocycles. The Hall–Kier alpha value is -0.490. The molecule has 0 aliphatic carbocycles. The second-order valence-corrected chi connectivity index (χ2v) is 6.56. The quantitative estimate of drug-likeness (QED) is 0.837. The molecule has 0 spiro atoms. The van der Waals surface area contributed by atoms with Crippen molar-refractivity contribution in [1.82, 2.24) is 15.2 Å². The highest BCUT2D eigenvalue weighted by atomic mass is 32.1. The Morgan fingerprint density at radius 1 is 1.45 bits per heavy atom. The van der Waals surface area contributed by atoms with Gasteiger partial charge in [-0.05, 0) is 19.9 Å². The van der Waals surface area contributed by atoms with Crippen LogP contribution in [0.4, 0.5) is 0 Å². The summed E-state index contributed by atoms with van der Waals surface area (Å²) >= 11 is 1.76. The van der Waals surface area contributed by atoms with E-state index in [1.165, 1.54) is 4.88 Å². The molecule has 2 rings (SSSR count). The minimum Gasteiger partial charge on any atom is -0.379 e. The lowest BCUT2D eigenvalue weighted by molar-refractivity contribution is -0.0319. The Balaban J connectivity index is 2.13. The highest BCUT2D eigenvalue weighted by molar-refractivity contribution is 7.09. The van der Waals surface area contributed by atoms with E-state index in [1.807, 2.05) is 11.7 Å². The molecule has 1 aliphatic rings. The zero-order valence-electron chi connectivity index (χ0n) is 12.9. The van der Waals surface area contributed by atoms with Gasteiger partial charge in [-0.25, -0.2) is 0 Å². The number of rotatable bonds is 7. The van der Waals surface area contributed by atoms with Gasteiger partial charge in [0.05, 0.1) is 18.7 Å². The van der Waals surface area contributed by atoms with Crippen molar-refractivity contribution in [2.24, 2.45) is 0 Å². The van der Waals surface area contributed by atoms with Crippen molar-refractivity contribution in [2.45, 2.75) is 45.2 Å². The summed E-state index contributed by atoms with van der Waals surface area (Å²) in [7, 11) is 0. The number of ether oxygens (including phenoxy) is 1. The van der Waals surface area contributed by atoms with Gasteiger partial charge in [0.25, 0.3) is 0 Å². The fourth-order valence-electron chi connectivity index (χ4n) is 3.07. The Morgan fingerprint density at radius 2 is 2.20 bits per heavy atom. The maximum atomic E-state index is 5.51. The fraction of sp³-hybridized carbons (Fsp3) is 0.800. The second-order valence-electron chi connectivity index (χ2n) is 5.59. The zero-order chi connectivity index (χ0) is 14.4. The molecular weight excluding hydrogens is 270 g/mol. The van der Waals surface area contributed by atoms with Gasteiger partial charge >= 0.3 is 0 Å². The highest BCUT2D eigenvalue weighted by Gasteiger charge is 2.38. The third kappa shape index (κ3) is 3.58. The number of morpholine rings is 1. The van der Waals surface area contributed by atoms with Crippen LogP contribution in [0.25, 0.3) is 0 Å². The molecule has 20 heavy (non-hydrogen) atoms. The first-order valence-electron chi connectivity index (χ1n) is 7.64. The third-order valence-corrected chi connectivity index (χ3v) is 5.34. The first kappa shape index (κ1) is 15.9. The average Bonchev–Trinajstić information content (AvgIpc) is 3.00. The standard InChI is InChI=1S/C15H27N3OS/c1-4-15(3,18-6-8-19-9-7-18)14(17-5-2)10-13-11-16-12-20-13/h11-12,14,17H,4-10H2,1-3H3. The van der Waals surface area contributed by atoms with Crippen LogP contribution in [-0.2, 0) is 11.2 Å². The summed E-state index contributed by atoms with van der Waals surface area (Å²) in [5.41, 5.74) is 2.10. The molecule has 0 aromatic carbocycles. The van der Waals surface area contributed by atoms with Gasteiger partial charge in [-0.2, -0.15) is 0 Å². The molecule has 0 bridgehead atoms. The lowest BCUT2D eigenvalue weighted by Crippen LogP contribution is -2.62. The van der Waals surface area contributed by atoms with Gasteiger partial charge in [0, 0.05) is 42.2 Å². The summed E-state index contributed by atoms with van der Waals surface area (Å²) in [6, 6.07) is 0.455. The molecular formula is C15H27N3OS. The van der Waals surface area contributed by atoms with Crippen molar-refractivity contribution in [2.75, 3.05) is 32.8 Å². The maximum absolute atomic E-state index is 5.51. The van der Waals surface area contributed by atoms with E-state index >= 15 is 0 Å². The largest absolute Gasteiger partial charge is 0.379 e. The molecule has 1 aromatic rings. The van der Waals surface area contributed by atoms with Crippen LogP contribution in [0.15, 0.2) is 11.7 Å². The molecule has 1 aromatic heterocycles. The molecule has 0 saturated carbocycles. The Bertz CT molecular complexity index is 378. The summed E-state index contributed by atoms with van der Waals surface area (Å²) in [4.78, 5) is 8.18. The normalized spacial score (nSPS) is 21.6. The SMILES string of the molecule is CCNC(Cc1cncs1)C(C)(CC)N1CCOCC1. The van der Waals surface area contributed by atoms with Crippen LogP contribution >= 0.6 is 11.3 Å². The van der Waals surface area contributed by atoms with Crippen molar-refractivity contribution in [3.8, 4) is 0 Å². The number of thiazole rings is 1. The van der Waals surface area contributed by atoms with Crippen molar-refractivity contribution >= 4 is 11.3 Å². The molecule has 0 radical (unpaired) electrons. The van der Waals surface area contributed by atoms with Crippen LogP contribution in [0.2, 0.25) is 0 Å². The molecule has 1 fully saturated rings. The van der Waals surface area contributed by atoms with Gasteiger partial charge in [0.2, 0.25) is 0 Å². The summed E-state index contributed by atoms with van der Waals surface area (Å²) < 4.78 is 5.51. The van der Waals surface area contributed by atoms with E-state index in [4.69, 9.17) is 4.74 Å². The van der Waals surface area contributed by atoms with E-state index in [-0.39, 0.29) is 5.54 Å². The van der Waals surface area contributed by atoms with Crippen LogP contribution < -0.4 is 5.32 Å². The molecule has 114 valence electrons. The first-order chi connectivity index (χ1) is 9.70. The van der Waals surface area contributed by atoms with Gasteiger partial charge in [0.15, 0.2) is 0 Å². The van der Waals surface area contributed by atoms with Crippen LogP contribution in [0.3, 0.4) is 0 Å². The molecule has 4 nitrogen and oxygen atoms in total. The maximum Gasteiger partial charge on any atom is 0.0794 e. The Labute approximate surface area is 126 Å². The molecule has 1 aliphatic heterocycles. The van der Waals surface area contributed by atoms with E-state index in [1.54, 1.807) is 11.3 Å². The van der Waals surface area contributed by atoms with Gasteiger partial charge in [-0.1, -0.05) is 13.8 Å². The smallest absolute Gasteiger partial charge is 0.0794 e.